The molecule has 0 aromatic carbocycles. The highest BCUT2D eigenvalue weighted by Crippen LogP contribution is 2.19. The number of thiophene rings is 1. The summed E-state index contributed by atoms with van der Waals surface area (Å²) < 4.78 is 2.12. The average Bonchev–Trinajstić information content (AvgIpc) is 3.21. The van der Waals surface area contributed by atoms with Gasteiger partial charge in [0.2, 0.25) is 0 Å². The van der Waals surface area contributed by atoms with Crippen molar-refractivity contribution in [3.63, 3.8) is 0 Å². The Balaban J connectivity index is 1.96. The first-order valence-electron chi connectivity index (χ1n) is 8.36. The number of aromatic nitrogens is 3. The summed E-state index contributed by atoms with van der Waals surface area (Å²) in [7, 11) is 1.97. The van der Waals surface area contributed by atoms with Crippen molar-refractivity contribution in [1.82, 2.24) is 25.4 Å². The van der Waals surface area contributed by atoms with Crippen LogP contribution in [0.5, 0.6) is 0 Å². The second-order valence-electron chi connectivity index (χ2n) is 6.46. The molecule has 0 spiro atoms. The Morgan fingerprint density at radius 2 is 2.16 bits per heavy atom. The van der Waals surface area contributed by atoms with Gasteiger partial charge in [-0.05, 0) is 44.9 Å². The molecule has 8 heteroatoms. The maximum atomic E-state index is 4.69. The lowest BCUT2D eigenvalue weighted by Gasteiger charge is -2.24. The zero-order chi connectivity index (χ0) is 18.3. The van der Waals surface area contributed by atoms with Crippen LogP contribution in [0, 0.1) is 6.92 Å². The Morgan fingerprint density at radius 3 is 2.76 bits per heavy atom. The smallest absolute Gasteiger partial charge is 0.191 e. The molecular weight excluding hydrogens is 352 g/mol. The van der Waals surface area contributed by atoms with E-state index < -0.39 is 0 Å². The highest BCUT2D eigenvalue weighted by Gasteiger charge is 2.16. The van der Waals surface area contributed by atoms with Crippen molar-refractivity contribution in [2.75, 3.05) is 19.3 Å². The van der Waals surface area contributed by atoms with Gasteiger partial charge in [-0.1, -0.05) is 6.07 Å². The summed E-state index contributed by atoms with van der Waals surface area (Å²) in [4.78, 5) is 6.06. The van der Waals surface area contributed by atoms with Gasteiger partial charge in [0.25, 0.3) is 0 Å². The fourth-order valence-corrected chi connectivity index (χ4v) is 2.97. The second-order valence-corrected chi connectivity index (χ2v) is 9.01. The quantitative estimate of drug-likeness (QED) is 0.544. The van der Waals surface area contributed by atoms with Crippen LogP contribution in [0.3, 0.4) is 0 Å². The monoisotopic (exact) mass is 380 g/mol. The molecule has 2 heterocycles. The summed E-state index contributed by atoms with van der Waals surface area (Å²) >= 11 is 3.63. The van der Waals surface area contributed by atoms with Gasteiger partial charge in [0.15, 0.2) is 11.8 Å². The molecule has 2 aromatic heterocycles. The van der Waals surface area contributed by atoms with E-state index in [1.807, 2.05) is 30.3 Å². The van der Waals surface area contributed by atoms with Gasteiger partial charge in [0.05, 0.1) is 0 Å². The van der Waals surface area contributed by atoms with E-state index in [4.69, 9.17) is 0 Å². The highest BCUT2D eigenvalue weighted by atomic mass is 32.2. The third-order valence-corrected chi connectivity index (χ3v) is 6.23. The minimum atomic E-state index is 0.150. The Bertz CT molecular complexity index is 675. The lowest BCUT2D eigenvalue weighted by atomic mass is 10.2. The van der Waals surface area contributed by atoms with Crippen molar-refractivity contribution >= 4 is 29.1 Å². The molecule has 0 saturated heterocycles. The molecule has 0 amide bonds. The van der Waals surface area contributed by atoms with Gasteiger partial charge in [-0.15, -0.1) is 21.5 Å². The number of guanidine groups is 1. The minimum Gasteiger partial charge on any atom is -0.356 e. The van der Waals surface area contributed by atoms with Crippen molar-refractivity contribution in [2.45, 2.75) is 38.5 Å². The molecule has 2 aromatic rings. The van der Waals surface area contributed by atoms with Crippen LogP contribution in [0.25, 0.3) is 0 Å². The molecule has 0 aliphatic carbocycles. The first-order chi connectivity index (χ1) is 11.9. The average molecular weight is 381 g/mol. The van der Waals surface area contributed by atoms with E-state index >= 15 is 0 Å². The molecule has 0 fully saturated rings. The van der Waals surface area contributed by atoms with E-state index in [0.29, 0.717) is 6.54 Å². The molecule has 0 aliphatic heterocycles. The van der Waals surface area contributed by atoms with Gasteiger partial charge in [-0.25, -0.2) is 4.99 Å². The Hall–Kier alpha value is -1.54. The third-order valence-electron chi connectivity index (χ3n) is 4.04. The molecule has 0 unspecified atom stereocenters. The van der Waals surface area contributed by atoms with Crippen LogP contribution in [0.4, 0.5) is 0 Å². The maximum Gasteiger partial charge on any atom is 0.191 e. The van der Waals surface area contributed by atoms with E-state index in [-0.39, 0.29) is 4.75 Å². The summed E-state index contributed by atoms with van der Waals surface area (Å²) in [5, 5.41) is 17.3. The molecule has 0 atom stereocenters. The molecule has 25 heavy (non-hydrogen) atoms. The predicted octanol–water partition coefficient (Wildman–Crippen LogP) is 2.60. The fraction of sp³-hybridized carbons (Fsp3) is 0.588. The lowest BCUT2D eigenvalue weighted by molar-refractivity contribution is 0.660. The van der Waals surface area contributed by atoms with Crippen LogP contribution in [-0.4, -0.2) is 44.8 Å². The zero-order valence-electron chi connectivity index (χ0n) is 15.7. The van der Waals surface area contributed by atoms with Gasteiger partial charge < -0.3 is 15.2 Å². The number of hydrogen-bond donors (Lipinski definition) is 2. The van der Waals surface area contributed by atoms with Crippen LogP contribution in [-0.2, 0) is 20.0 Å². The van der Waals surface area contributed by atoms with E-state index in [9.17, 15) is 0 Å². The largest absolute Gasteiger partial charge is 0.356 e. The first kappa shape index (κ1) is 19.8. The minimum absolute atomic E-state index is 0.150. The SMILES string of the molecule is CSC(C)(C)CNC(=NCc1nnc(C)n1C)NCCc1cccs1. The van der Waals surface area contributed by atoms with Crippen molar-refractivity contribution in [2.24, 2.45) is 12.0 Å². The van der Waals surface area contributed by atoms with Gasteiger partial charge in [-0.3, -0.25) is 0 Å². The van der Waals surface area contributed by atoms with Crippen LogP contribution in [0.15, 0.2) is 22.5 Å². The Kier molecular flexibility index (Phi) is 7.31. The van der Waals surface area contributed by atoms with Crippen LogP contribution in [0.1, 0.15) is 30.4 Å². The zero-order valence-corrected chi connectivity index (χ0v) is 17.3. The molecule has 138 valence electrons. The van der Waals surface area contributed by atoms with Crippen molar-refractivity contribution in [3.05, 3.63) is 34.0 Å². The van der Waals surface area contributed by atoms with Crippen LogP contribution in [0.2, 0.25) is 0 Å². The highest BCUT2D eigenvalue weighted by molar-refractivity contribution is 7.99. The fourth-order valence-electron chi connectivity index (χ4n) is 2.04. The summed E-state index contributed by atoms with van der Waals surface area (Å²) in [6.45, 7) is 8.59. The maximum absolute atomic E-state index is 4.69. The Morgan fingerprint density at radius 1 is 1.36 bits per heavy atom. The summed E-state index contributed by atoms with van der Waals surface area (Å²) in [5.41, 5.74) is 0. The number of aryl methyl sites for hydroxylation is 1. The third kappa shape index (κ3) is 6.36. The summed E-state index contributed by atoms with van der Waals surface area (Å²) in [5.74, 6) is 2.58. The van der Waals surface area contributed by atoms with Crippen molar-refractivity contribution < 1.29 is 0 Å². The summed E-state index contributed by atoms with van der Waals surface area (Å²) in [6, 6.07) is 4.25. The number of nitrogens with zero attached hydrogens (tertiary/aromatic N) is 4. The molecule has 2 rings (SSSR count). The summed E-state index contributed by atoms with van der Waals surface area (Å²) in [6.07, 6.45) is 3.12. The van der Waals surface area contributed by atoms with Gasteiger partial charge in [0.1, 0.15) is 12.4 Å². The molecule has 6 nitrogen and oxygen atoms in total. The Labute approximate surface area is 158 Å². The number of aliphatic imine (C=N–C) groups is 1. The molecule has 0 saturated carbocycles. The van der Waals surface area contributed by atoms with E-state index in [1.165, 1.54) is 4.88 Å². The standard InChI is InChI=1S/C17H28N6S2/c1-13-21-22-15(23(13)4)11-19-16(20-12-17(2,3)24-5)18-9-8-14-7-6-10-25-14/h6-7,10H,8-9,11-12H2,1-5H3,(H2,18,19,20). The van der Waals surface area contributed by atoms with Crippen molar-refractivity contribution in [3.8, 4) is 0 Å². The van der Waals surface area contributed by atoms with E-state index in [0.717, 1.165) is 37.1 Å². The van der Waals surface area contributed by atoms with Gasteiger partial charge in [-0.2, -0.15) is 11.8 Å². The van der Waals surface area contributed by atoms with Gasteiger partial charge >= 0.3 is 0 Å². The predicted molar refractivity (Wildman–Crippen MR) is 109 cm³/mol. The molecule has 0 radical (unpaired) electrons. The number of hydrogen-bond acceptors (Lipinski definition) is 5. The number of thioether (sulfide) groups is 1. The van der Waals surface area contributed by atoms with E-state index in [2.05, 4.69) is 63.4 Å². The second kappa shape index (κ2) is 9.24. The lowest BCUT2D eigenvalue weighted by Crippen LogP contribution is -2.44. The first-order valence-corrected chi connectivity index (χ1v) is 10.5. The topological polar surface area (TPSA) is 67.1 Å². The van der Waals surface area contributed by atoms with Crippen molar-refractivity contribution in [1.29, 1.82) is 0 Å². The normalized spacial score (nSPS) is 12.4. The molecule has 0 bridgehead atoms. The van der Waals surface area contributed by atoms with Crippen LogP contribution < -0.4 is 10.6 Å². The molecule has 2 N–H and O–H groups in total. The van der Waals surface area contributed by atoms with Crippen LogP contribution >= 0.6 is 23.1 Å². The van der Waals surface area contributed by atoms with Gasteiger partial charge in [0, 0.05) is 29.8 Å². The number of nitrogens with one attached hydrogen (secondary N) is 2. The molecular formula is C17H28N6S2. The number of rotatable bonds is 8. The molecule has 0 aliphatic rings. The van der Waals surface area contributed by atoms with E-state index in [1.54, 1.807) is 11.3 Å².